The van der Waals surface area contributed by atoms with Gasteiger partial charge in [0, 0.05) is 22.6 Å². The molecule has 3 heteroatoms. The van der Waals surface area contributed by atoms with Gasteiger partial charge < -0.3 is 6.15 Å². The molecule has 18 heavy (non-hydrogen) atoms. The maximum absolute atomic E-state index is 3.58. The van der Waals surface area contributed by atoms with E-state index in [4.69, 9.17) is 0 Å². The number of fused-ring (bicyclic) bond motifs is 1. The lowest BCUT2D eigenvalue weighted by molar-refractivity contribution is 0.145. The third kappa shape index (κ3) is 2.24. The average Bonchev–Trinajstić information content (AvgIpc) is 2.83. The van der Waals surface area contributed by atoms with E-state index in [0.717, 1.165) is 12.1 Å². The highest BCUT2D eigenvalue weighted by molar-refractivity contribution is 9.10. The van der Waals surface area contributed by atoms with Crippen LogP contribution in [0.1, 0.15) is 50.3 Å². The molecule has 1 aliphatic heterocycles. The lowest BCUT2D eigenvalue weighted by Gasteiger charge is -2.33. The van der Waals surface area contributed by atoms with Crippen molar-refractivity contribution in [2.75, 3.05) is 0 Å². The van der Waals surface area contributed by atoms with Gasteiger partial charge in [0.1, 0.15) is 0 Å². The molecule has 0 spiro atoms. The Hall–Kier alpha value is -0.380. The molecule has 1 aromatic carbocycles. The molecular formula is C15H23BrN2. The summed E-state index contributed by atoms with van der Waals surface area (Å²) in [5, 5.41) is 0. The van der Waals surface area contributed by atoms with Crippen molar-refractivity contribution >= 4 is 15.9 Å². The lowest BCUT2D eigenvalue weighted by Crippen LogP contribution is -2.35. The zero-order valence-corrected chi connectivity index (χ0v) is 12.9. The maximum Gasteiger partial charge on any atom is 0.0359 e. The van der Waals surface area contributed by atoms with E-state index in [0.29, 0.717) is 6.04 Å². The first kappa shape index (κ1) is 14.0. The molecule has 1 aromatic rings. The van der Waals surface area contributed by atoms with Crippen molar-refractivity contribution in [2.24, 2.45) is 0 Å². The molecule has 1 saturated heterocycles. The van der Waals surface area contributed by atoms with Crippen molar-refractivity contribution < 1.29 is 0 Å². The minimum absolute atomic E-state index is 0. The number of hydrogen-bond donors (Lipinski definition) is 1. The number of nitrogens with zero attached hydrogens (tertiary/aromatic N) is 1. The van der Waals surface area contributed by atoms with Gasteiger partial charge in [0.05, 0.1) is 0 Å². The third-order valence-electron chi connectivity index (χ3n) is 4.53. The summed E-state index contributed by atoms with van der Waals surface area (Å²) in [7, 11) is 0. The molecule has 0 aromatic heterocycles. The Balaban J connectivity index is 0.00000120. The second kappa shape index (κ2) is 5.32. The Morgan fingerprint density at radius 3 is 2.44 bits per heavy atom. The Labute approximate surface area is 118 Å². The van der Waals surface area contributed by atoms with Gasteiger partial charge in [-0.25, -0.2) is 0 Å². The van der Waals surface area contributed by atoms with E-state index in [1.54, 1.807) is 11.1 Å². The van der Waals surface area contributed by atoms with Crippen LogP contribution in [0.4, 0.5) is 0 Å². The van der Waals surface area contributed by atoms with Crippen LogP contribution in [0, 0.1) is 0 Å². The number of aryl methyl sites for hydroxylation is 1. The van der Waals surface area contributed by atoms with Crippen LogP contribution in [0.25, 0.3) is 0 Å². The first-order valence-electron chi connectivity index (χ1n) is 6.72. The number of rotatable bonds is 1. The molecule has 2 aliphatic rings. The zero-order valence-electron chi connectivity index (χ0n) is 11.3. The van der Waals surface area contributed by atoms with E-state index in [9.17, 15) is 0 Å². The summed E-state index contributed by atoms with van der Waals surface area (Å²) in [5.41, 5.74) is 3.13. The van der Waals surface area contributed by atoms with Crippen molar-refractivity contribution in [3.63, 3.8) is 0 Å². The highest BCUT2D eigenvalue weighted by Crippen LogP contribution is 2.42. The molecule has 0 bridgehead atoms. The second-order valence-corrected chi connectivity index (χ2v) is 6.54. The Morgan fingerprint density at radius 2 is 1.78 bits per heavy atom. The van der Waals surface area contributed by atoms with E-state index < -0.39 is 0 Å². The van der Waals surface area contributed by atoms with E-state index in [1.807, 2.05) is 0 Å². The lowest BCUT2D eigenvalue weighted by atomic mass is 10.1. The summed E-state index contributed by atoms with van der Waals surface area (Å²) in [6, 6.07) is 9.01. The van der Waals surface area contributed by atoms with Crippen LogP contribution in [0.15, 0.2) is 22.7 Å². The van der Waals surface area contributed by atoms with Gasteiger partial charge in [0.15, 0.2) is 0 Å². The number of hydrogen-bond acceptors (Lipinski definition) is 2. The van der Waals surface area contributed by atoms with Gasteiger partial charge in [-0.15, -0.1) is 0 Å². The summed E-state index contributed by atoms with van der Waals surface area (Å²) in [6.45, 7) is 4.78. The molecular weight excluding hydrogens is 288 g/mol. The Kier molecular flexibility index (Phi) is 4.15. The summed E-state index contributed by atoms with van der Waals surface area (Å²) in [5.74, 6) is 0. The van der Waals surface area contributed by atoms with Gasteiger partial charge in [0.25, 0.3) is 0 Å². The molecule has 3 unspecified atom stereocenters. The molecule has 0 amide bonds. The van der Waals surface area contributed by atoms with Crippen LogP contribution < -0.4 is 6.15 Å². The van der Waals surface area contributed by atoms with Crippen molar-refractivity contribution in [3.05, 3.63) is 33.8 Å². The van der Waals surface area contributed by atoms with E-state index in [-0.39, 0.29) is 6.15 Å². The fourth-order valence-electron chi connectivity index (χ4n) is 3.70. The molecule has 2 nitrogen and oxygen atoms in total. The summed E-state index contributed by atoms with van der Waals surface area (Å²) in [6.07, 6.45) is 5.28. The SMILES string of the molecule is CC1CCC(C)N1C1CCc2cc(Br)ccc21.N. The number of likely N-dealkylation sites (tertiary alicyclic amines) is 1. The fraction of sp³-hybridized carbons (Fsp3) is 0.600. The predicted octanol–water partition coefficient (Wildman–Crippen LogP) is 4.47. The molecule has 1 heterocycles. The number of halogens is 1. The summed E-state index contributed by atoms with van der Waals surface area (Å²) >= 11 is 3.58. The van der Waals surface area contributed by atoms with Crippen LogP contribution >= 0.6 is 15.9 Å². The maximum atomic E-state index is 3.58. The van der Waals surface area contributed by atoms with Crippen LogP contribution in [0.5, 0.6) is 0 Å². The molecule has 100 valence electrons. The van der Waals surface area contributed by atoms with Crippen LogP contribution in [-0.2, 0) is 6.42 Å². The van der Waals surface area contributed by atoms with Crippen LogP contribution in [0.3, 0.4) is 0 Å². The van der Waals surface area contributed by atoms with Crippen molar-refractivity contribution in [2.45, 2.75) is 57.7 Å². The van der Waals surface area contributed by atoms with Crippen LogP contribution in [-0.4, -0.2) is 17.0 Å². The third-order valence-corrected chi connectivity index (χ3v) is 5.02. The first-order chi connectivity index (χ1) is 8.16. The molecule has 1 aliphatic carbocycles. The monoisotopic (exact) mass is 310 g/mol. The minimum Gasteiger partial charge on any atom is -0.344 e. The van der Waals surface area contributed by atoms with E-state index >= 15 is 0 Å². The van der Waals surface area contributed by atoms with E-state index in [2.05, 4.69) is 52.9 Å². The number of benzene rings is 1. The standard InChI is InChI=1S/C15H20BrN.H3N/c1-10-3-4-11(2)17(10)15-8-5-12-9-13(16)6-7-14(12)15;/h6-7,9-11,15H,3-5,8H2,1-2H3;1H3. The zero-order chi connectivity index (χ0) is 12.0. The molecule has 0 saturated carbocycles. The van der Waals surface area contributed by atoms with Gasteiger partial charge in [-0.05, 0) is 62.8 Å². The molecule has 3 atom stereocenters. The van der Waals surface area contributed by atoms with Gasteiger partial charge in [-0.2, -0.15) is 0 Å². The average molecular weight is 311 g/mol. The minimum atomic E-state index is 0. The predicted molar refractivity (Wildman–Crippen MR) is 80.2 cm³/mol. The van der Waals surface area contributed by atoms with E-state index in [1.165, 1.54) is 30.2 Å². The fourth-order valence-corrected chi connectivity index (χ4v) is 4.11. The van der Waals surface area contributed by atoms with Crippen molar-refractivity contribution in [3.8, 4) is 0 Å². The van der Waals surface area contributed by atoms with Crippen molar-refractivity contribution in [1.82, 2.24) is 11.1 Å². The Morgan fingerprint density at radius 1 is 1.11 bits per heavy atom. The highest BCUT2D eigenvalue weighted by Gasteiger charge is 2.36. The molecule has 3 N–H and O–H groups in total. The van der Waals surface area contributed by atoms with Gasteiger partial charge in [-0.1, -0.05) is 22.0 Å². The normalized spacial score (nSPS) is 31.2. The molecule has 0 radical (unpaired) electrons. The van der Waals surface area contributed by atoms with Gasteiger partial charge in [-0.3, -0.25) is 4.90 Å². The van der Waals surface area contributed by atoms with Crippen molar-refractivity contribution in [1.29, 1.82) is 0 Å². The quantitative estimate of drug-likeness (QED) is 0.831. The van der Waals surface area contributed by atoms with Gasteiger partial charge in [0.2, 0.25) is 0 Å². The summed E-state index contributed by atoms with van der Waals surface area (Å²) < 4.78 is 1.22. The second-order valence-electron chi connectivity index (χ2n) is 5.62. The largest absolute Gasteiger partial charge is 0.344 e. The smallest absolute Gasteiger partial charge is 0.0359 e. The topological polar surface area (TPSA) is 38.2 Å². The Bertz CT molecular complexity index is 423. The van der Waals surface area contributed by atoms with Crippen LogP contribution in [0.2, 0.25) is 0 Å². The van der Waals surface area contributed by atoms with Gasteiger partial charge >= 0.3 is 0 Å². The highest BCUT2D eigenvalue weighted by atomic mass is 79.9. The first-order valence-corrected chi connectivity index (χ1v) is 7.52. The summed E-state index contributed by atoms with van der Waals surface area (Å²) in [4.78, 5) is 2.75. The molecule has 3 rings (SSSR count). The molecule has 1 fully saturated rings.